The number of rotatable bonds is 2. The fourth-order valence-electron chi connectivity index (χ4n) is 1.86. The van der Waals surface area contributed by atoms with Crippen LogP contribution in [-0.2, 0) is 11.0 Å². The molecule has 6 heteroatoms. The average Bonchev–Trinajstić information content (AvgIpc) is 2.61. The Morgan fingerprint density at radius 2 is 2.19 bits per heavy atom. The van der Waals surface area contributed by atoms with Crippen LogP contribution in [0.2, 0.25) is 0 Å². The summed E-state index contributed by atoms with van der Waals surface area (Å²) in [4.78, 5) is 4.40. The van der Waals surface area contributed by atoms with Crippen molar-refractivity contribution in [2.24, 2.45) is 5.90 Å². The van der Waals surface area contributed by atoms with E-state index in [1.165, 1.54) is 12.1 Å². The van der Waals surface area contributed by atoms with E-state index < -0.39 is 17.7 Å². The number of fused-ring (bicyclic) bond motifs is 1. The van der Waals surface area contributed by atoms with E-state index in [2.05, 4.69) is 4.84 Å². The molecule has 0 bridgehead atoms. The molecule has 1 heterocycles. The van der Waals surface area contributed by atoms with Crippen molar-refractivity contribution in [3.8, 4) is 5.75 Å². The van der Waals surface area contributed by atoms with Gasteiger partial charge in [-0.15, -0.1) is 0 Å². The number of hydrogen-bond donors (Lipinski definition) is 1. The quantitative estimate of drug-likeness (QED) is 0.795. The molecule has 1 aromatic rings. The van der Waals surface area contributed by atoms with Crippen LogP contribution in [0.25, 0.3) is 0 Å². The largest absolute Gasteiger partial charge is 0.493 e. The predicted molar refractivity (Wildman–Crippen MR) is 49.8 cm³/mol. The molecular formula is C10H10F3NO2. The van der Waals surface area contributed by atoms with E-state index in [9.17, 15) is 13.2 Å². The van der Waals surface area contributed by atoms with E-state index in [0.29, 0.717) is 0 Å². The number of hydrogen-bond acceptors (Lipinski definition) is 3. The van der Waals surface area contributed by atoms with Gasteiger partial charge in [0.2, 0.25) is 0 Å². The summed E-state index contributed by atoms with van der Waals surface area (Å²) in [6, 6.07) is 3.88. The first-order chi connectivity index (χ1) is 7.54. The van der Waals surface area contributed by atoms with E-state index in [0.717, 1.165) is 6.07 Å². The molecule has 88 valence electrons. The predicted octanol–water partition coefficient (Wildman–Crippen LogP) is 2.07. The van der Waals surface area contributed by atoms with Crippen molar-refractivity contribution >= 4 is 0 Å². The monoisotopic (exact) mass is 233 g/mol. The molecule has 1 unspecified atom stereocenters. The zero-order valence-corrected chi connectivity index (χ0v) is 8.25. The molecule has 0 aromatic heterocycles. The highest BCUT2D eigenvalue weighted by atomic mass is 19.4. The van der Waals surface area contributed by atoms with Crippen molar-refractivity contribution in [3.63, 3.8) is 0 Å². The highest BCUT2D eigenvalue weighted by Gasteiger charge is 2.39. The van der Waals surface area contributed by atoms with Gasteiger partial charge in [-0.1, -0.05) is 6.07 Å². The number of halogens is 3. The minimum atomic E-state index is -4.38. The molecular weight excluding hydrogens is 223 g/mol. The van der Waals surface area contributed by atoms with Crippen molar-refractivity contribution in [2.75, 3.05) is 13.2 Å². The zero-order chi connectivity index (χ0) is 11.8. The topological polar surface area (TPSA) is 44.5 Å². The Balaban J connectivity index is 2.45. The minimum Gasteiger partial charge on any atom is -0.493 e. The molecule has 0 saturated carbocycles. The van der Waals surface area contributed by atoms with E-state index in [1.54, 1.807) is 0 Å². The molecule has 2 N–H and O–H groups in total. The van der Waals surface area contributed by atoms with E-state index in [1.807, 2.05) is 0 Å². The number of nitrogens with two attached hydrogens (primary N) is 1. The maximum Gasteiger partial charge on any atom is 0.416 e. The lowest BCUT2D eigenvalue weighted by molar-refractivity contribution is -0.138. The maximum atomic E-state index is 12.7. The highest BCUT2D eigenvalue weighted by molar-refractivity contribution is 5.47. The normalized spacial score (nSPS) is 19.4. The summed E-state index contributed by atoms with van der Waals surface area (Å²) in [5.74, 6) is 4.69. The number of ether oxygens (including phenoxy) is 1. The molecule has 0 aliphatic carbocycles. The highest BCUT2D eigenvalue weighted by Crippen LogP contribution is 2.43. The first-order valence-electron chi connectivity index (χ1n) is 4.68. The molecule has 1 atom stereocenters. The molecule has 0 amide bonds. The zero-order valence-electron chi connectivity index (χ0n) is 8.25. The van der Waals surface area contributed by atoms with Gasteiger partial charge in [0.15, 0.2) is 0 Å². The second-order valence-electron chi connectivity index (χ2n) is 3.56. The van der Waals surface area contributed by atoms with E-state index in [4.69, 9.17) is 10.6 Å². The van der Waals surface area contributed by atoms with Crippen LogP contribution in [0.3, 0.4) is 0 Å². The Kier molecular flexibility index (Phi) is 2.77. The van der Waals surface area contributed by atoms with Crippen LogP contribution in [0.4, 0.5) is 13.2 Å². The summed E-state index contributed by atoms with van der Waals surface area (Å²) in [6.07, 6.45) is -4.38. The summed E-state index contributed by atoms with van der Waals surface area (Å²) in [6.45, 7) is 0.180. The van der Waals surface area contributed by atoms with Gasteiger partial charge in [-0.05, 0) is 12.1 Å². The average molecular weight is 233 g/mol. The summed E-state index contributed by atoms with van der Waals surface area (Å²) < 4.78 is 43.4. The number of benzene rings is 1. The van der Waals surface area contributed by atoms with Crippen molar-refractivity contribution in [2.45, 2.75) is 12.1 Å². The second-order valence-corrected chi connectivity index (χ2v) is 3.56. The molecule has 1 aromatic carbocycles. The lowest BCUT2D eigenvalue weighted by Gasteiger charge is -2.14. The Bertz CT molecular complexity index is 390. The van der Waals surface area contributed by atoms with Crippen molar-refractivity contribution < 1.29 is 22.7 Å². The van der Waals surface area contributed by atoms with Gasteiger partial charge in [-0.25, -0.2) is 5.90 Å². The molecule has 3 nitrogen and oxygen atoms in total. The molecule has 2 rings (SSSR count). The third-order valence-electron chi connectivity index (χ3n) is 2.52. The van der Waals surface area contributed by atoms with Gasteiger partial charge in [0.1, 0.15) is 5.75 Å². The molecule has 16 heavy (non-hydrogen) atoms. The Morgan fingerprint density at radius 1 is 1.44 bits per heavy atom. The molecule has 1 aliphatic heterocycles. The first-order valence-corrected chi connectivity index (χ1v) is 4.68. The van der Waals surface area contributed by atoms with Crippen LogP contribution >= 0.6 is 0 Å². The lowest BCUT2D eigenvalue weighted by Crippen LogP contribution is -2.16. The van der Waals surface area contributed by atoms with Crippen LogP contribution < -0.4 is 10.6 Å². The van der Waals surface area contributed by atoms with Gasteiger partial charge in [-0.3, -0.25) is 0 Å². The first kappa shape index (κ1) is 11.2. The molecule has 0 radical (unpaired) electrons. The standard InChI is InChI=1S/C10H10F3NO2/c11-10(12,13)7-2-1-3-8-9(7)6(4-15-8)5-16-14/h1-3,6H,4-5,14H2. The Hall–Kier alpha value is -1.27. The van der Waals surface area contributed by atoms with Gasteiger partial charge in [0, 0.05) is 11.5 Å². The molecule has 0 fully saturated rings. The Morgan fingerprint density at radius 3 is 2.81 bits per heavy atom. The van der Waals surface area contributed by atoms with Crippen molar-refractivity contribution in [3.05, 3.63) is 29.3 Å². The van der Waals surface area contributed by atoms with Crippen LogP contribution in [0, 0.1) is 0 Å². The lowest BCUT2D eigenvalue weighted by atomic mass is 9.96. The summed E-state index contributed by atoms with van der Waals surface area (Å²) in [5.41, 5.74) is -0.537. The fraction of sp³-hybridized carbons (Fsp3) is 0.400. The van der Waals surface area contributed by atoms with Crippen molar-refractivity contribution in [1.82, 2.24) is 0 Å². The van der Waals surface area contributed by atoms with Gasteiger partial charge in [0.05, 0.1) is 18.8 Å². The van der Waals surface area contributed by atoms with E-state index >= 15 is 0 Å². The molecule has 0 spiro atoms. The molecule has 1 aliphatic rings. The van der Waals surface area contributed by atoms with Crippen molar-refractivity contribution in [1.29, 1.82) is 0 Å². The van der Waals surface area contributed by atoms with Gasteiger partial charge >= 0.3 is 6.18 Å². The summed E-state index contributed by atoms with van der Waals surface area (Å²) in [7, 11) is 0. The second kappa shape index (κ2) is 3.95. The summed E-state index contributed by atoms with van der Waals surface area (Å²) >= 11 is 0. The van der Waals surface area contributed by atoms with Crippen LogP contribution in [0.1, 0.15) is 17.0 Å². The minimum absolute atomic E-state index is 0.0140. The van der Waals surface area contributed by atoms with Gasteiger partial charge in [0.25, 0.3) is 0 Å². The van der Waals surface area contributed by atoms with Gasteiger partial charge < -0.3 is 9.57 Å². The smallest absolute Gasteiger partial charge is 0.416 e. The van der Waals surface area contributed by atoms with Crippen LogP contribution in [0.15, 0.2) is 18.2 Å². The third-order valence-corrected chi connectivity index (χ3v) is 2.52. The fourth-order valence-corrected chi connectivity index (χ4v) is 1.86. The maximum absolute atomic E-state index is 12.7. The van der Waals surface area contributed by atoms with Gasteiger partial charge in [-0.2, -0.15) is 13.2 Å². The number of alkyl halides is 3. The van der Waals surface area contributed by atoms with E-state index in [-0.39, 0.29) is 24.5 Å². The summed E-state index contributed by atoms with van der Waals surface area (Å²) in [5, 5.41) is 0. The SMILES string of the molecule is NOCC1COc2cccc(C(F)(F)F)c21. The third kappa shape index (κ3) is 1.85. The van der Waals surface area contributed by atoms with Crippen LogP contribution in [0.5, 0.6) is 5.75 Å². The molecule has 0 saturated heterocycles. The van der Waals surface area contributed by atoms with Crippen LogP contribution in [-0.4, -0.2) is 13.2 Å². The Labute approximate surface area is 89.9 Å².